The zero-order valence-corrected chi connectivity index (χ0v) is 7.75. The van der Waals surface area contributed by atoms with Crippen molar-refractivity contribution in [1.82, 2.24) is 9.97 Å². The number of rotatable bonds is 2. The molecule has 4 nitrogen and oxygen atoms in total. The Morgan fingerprint density at radius 2 is 2.31 bits per heavy atom. The number of nitrogens with one attached hydrogen (secondary N) is 1. The van der Waals surface area contributed by atoms with Crippen LogP contribution < -0.4 is 11.1 Å². The molecule has 0 atom stereocenters. The topological polar surface area (TPSA) is 63.8 Å². The van der Waals surface area contributed by atoms with Crippen LogP contribution >= 0.6 is 0 Å². The minimum Gasteiger partial charge on any atom is -0.394 e. The SMILES string of the molecule is CC1(Nc2ncncc2N)CCC1. The van der Waals surface area contributed by atoms with Crippen molar-refractivity contribution in [3.8, 4) is 0 Å². The van der Waals surface area contributed by atoms with Crippen LogP contribution in [-0.2, 0) is 0 Å². The van der Waals surface area contributed by atoms with Gasteiger partial charge in [0.15, 0.2) is 5.82 Å². The minimum absolute atomic E-state index is 0.197. The van der Waals surface area contributed by atoms with Crippen molar-refractivity contribution in [3.05, 3.63) is 12.5 Å². The number of aromatic nitrogens is 2. The number of nitrogens with zero attached hydrogens (tertiary/aromatic N) is 2. The number of hydrogen-bond acceptors (Lipinski definition) is 4. The largest absolute Gasteiger partial charge is 0.394 e. The van der Waals surface area contributed by atoms with Gasteiger partial charge in [0.25, 0.3) is 0 Å². The van der Waals surface area contributed by atoms with Crippen LogP contribution in [0.3, 0.4) is 0 Å². The van der Waals surface area contributed by atoms with Crippen LogP contribution in [0.5, 0.6) is 0 Å². The maximum absolute atomic E-state index is 5.72. The Morgan fingerprint density at radius 1 is 1.54 bits per heavy atom. The molecule has 0 unspecified atom stereocenters. The van der Waals surface area contributed by atoms with Gasteiger partial charge in [-0.25, -0.2) is 9.97 Å². The van der Waals surface area contributed by atoms with Crippen LogP contribution in [0.25, 0.3) is 0 Å². The summed E-state index contributed by atoms with van der Waals surface area (Å²) in [4.78, 5) is 7.94. The predicted molar refractivity (Wildman–Crippen MR) is 52.3 cm³/mol. The maximum Gasteiger partial charge on any atom is 0.153 e. The van der Waals surface area contributed by atoms with Crippen LogP contribution in [0.1, 0.15) is 26.2 Å². The number of hydrogen-bond donors (Lipinski definition) is 2. The highest BCUT2D eigenvalue weighted by Crippen LogP contribution is 2.34. The molecule has 70 valence electrons. The van der Waals surface area contributed by atoms with E-state index < -0.39 is 0 Å². The summed E-state index contributed by atoms with van der Waals surface area (Å²) in [7, 11) is 0. The lowest BCUT2D eigenvalue weighted by Crippen LogP contribution is -2.42. The van der Waals surface area contributed by atoms with E-state index >= 15 is 0 Å². The van der Waals surface area contributed by atoms with Crippen molar-refractivity contribution < 1.29 is 0 Å². The number of nitrogen functional groups attached to an aromatic ring is 1. The van der Waals surface area contributed by atoms with Crippen molar-refractivity contribution in [3.63, 3.8) is 0 Å². The molecule has 0 radical (unpaired) electrons. The van der Waals surface area contributed by atoms with E-state index in [9.17, 15) is 0 Å². The Balaban J connectivity index is 2.13. The molecule has 0 amide bonds. The molecule has 3 N–H and O–H groups in total. The second-order valence-corrected chi connectivity index (χ2v) is 3.87. The molecule has 1 aromatic rings. The van der Waals surface area contributed by atoms with Crippen LogP contribution in [0.15, 0.2) is 12.5 Å². The monoisotopic (exact) mass is 178 g/mol. The van der Waals surface area contributed by atoms with Gasteiger partial charge >= 0.3 is 0 Å². The van der Waals surface area contributed by atoms with Gasteiger partial charge in [0.1, 0.15) is 6.33 Å². The molecule has 0 saturated heterocycles. The predicted octanol–water partition coefficient (Wildman–Crippen LogP) is 1.41. The summed E-state index contributed by atoms with van der Waals surface area (Å²) in [5, 5.41) is 3.35. The van der Waals surface area contributed by atoms with Gasteiger partial charge < -0.3 is 11.1 Å². The van der Waals surface area contributed by atoms with Gasteiger partial charge in [-0.2, -0.15) is 0 Å². The molecule has 1 heterocycles. The van der Waals surface area contributed by atoms with Gasteiger partial charge in [-0.05, 0) is 26.2 Å². The first-order valence-electron chi connectivity index (χ1n) is 4.53. The Labute approximate surface area is 77.6 Å². The van der Waals surface area contributed by atoms with Gasteiger partial charge in [-0.15, -0.1) is 0 Å². The average Bonchev–Trinajstić information content (AvgIpc) is 2.06. The van der Waals surface area contributed by atoms with Crippen LogP contribution in [0.4, 0.5) is 11.5 Å². The molecule has 13 heavy (non-hydrogen) atoms. The zero-order valence-electron chi connectivity index (χ0n) is 7.75. The standard InChI is InChI=1S/C9H14N4/c1-9(3-2-4-9)13-8-7(10)5-11-6-12-8/h5-6H,2-4,10H2,1H3,(H,11,12,13). The van der Waals surface area contributed by atoms with Gasteiger partial charge in [-0.1, -0.05) is 0 Å². The molecular weight excluding hydrogens is 164 g/mol. The van der Waals surface area contributed by atoms with Crippen molar-refractivity contribution in [1.29, 1.82) is 0 Å². The molecule has 1 fully saturated rings. The summed E-state index contributed by atoms with van der Waals surface area (Å²) < 4.78 is 0. The van der Waals surface area contributed by atoms with E-state index in [0.29, 0.717) is 5.69 Å². The van der Waals surface area contributed by atoms with Gasteiger partial charge in [0.05, 0.1) is 11.9 Å². The summed E-state index contributed by atoms with van der Waals surface area (Å²) in [6.07, 6.45) is 6.81. The first-order chi connectivity index (χ1) is 6.20. The maximum atomic E-state index is 5.72. The Morgan fingerprint density at radius 3 is 2.85 bits per heavy atom. The fourth-order valence-electron chi connectivity index (χ4n) is 1.56. The lowest BCUT2D eigenvalue weighted by atomic mass is 9.78. The summed E-state index contributed by atoms with van der Waals surface area (Å²) in [5.41, 5.74) is 6.54. The Kier molecular flexibility index (Phi) is 1.83. The van der Waals surface area contributed by atoms with Crippen molar-refractivity contribution >= 4 is 11.5 Å². The summed E-state index contributed by atoms with van der Waals surface area (Å²) >= 11 is 0. The first-order valence-corrected chi connectivity index (χ1v) is 4.53. The minimum atomic E-state index is 0.197. The normalized spacial score (nSPS) is 19.2. The quantitative estimate of drug-likeness (QED) is 0.718. The third-order valence-electron chi connectivity index (χ3n) is 2.62. The van der Waals surface area contributed by atoms with Crippen LogP contribution in [-0.4, -0.2) is 15.5 Å². The third kappa shape index (κ3) is 1.56. The Bertz CT molecular complexity index is 306. The van der Waals surface area contributed by atoms with E-state index in [0.717, 1.165) is 5.82 Å². The fraction of sp³-hybridized carbons (Fsp3) is 0.556. The molecule has 2 rings (SSSR count). The van der Waals surface area contributed by atoms with E-state index in [1.165, 1.54) is 25.6 Å². The van der Waals surface area contributed by atoms with Crippen LogP contribution in [0, 0.1) is 0 Å². The highest BCUT2D eigenvalue weighted by atomic mass is 15.1. The average molecular weight is 178 g/mol. The van der Waals surface area contributed by atoms with E-state index in [-0.39, 0.29) is 5.54 Å². The van der Waals surface area contributed by atoms with Crippen molar-refractivity contribution in [2.45, 2.75) is 31.7 Å². The number of nitrogens with two attached hydrogens (primary N) is 1. The molecule has 1 saturated carbocycles. The molecule has 1 aliphatic rings. The second kappa shape index (κ2) is 2.87. The third-order valence-corrected chi connectivity index (χ3v) is 2.62. The molecule has 0 aromatic carbocycles. The smallest absolute Gasteiger partial charge is 0.153 e. The zero-order chi connectivity index (χ0) is 9.31. The molecule has 0 spiro atoms. The van der Waals surface area contributed by atoms with E-state index in [2.05, 4.69) is 22.2 Å². The second-order valence-electron chi connectivity index (χ2n) is 3.87. The number of anilines is 2. The van der Waals surface area contributed by atoms with E-state index in [4.69, 9.17) is 5.73 Å². The summed E-state index contributed by atoms with van der Waals surface area (Å²) in [5.74, 6) is 0.761. The lowest BCUT2D eigenvalue weighted by Gasteiger charge is -2.39. The van der Waals surface area contributed by atoms with E-state index in [1.807, 2.05) is 0 Å². The highest BCUT2D eigenvalue weighted by Gasteiger charge is 2.32. The summed E-state index contributed by atoms with van der Waals surface area (Å²) in [6, 6.07) is 0. The van der Waals surface area contributed by atoms with E-state index in [1.54, 1.807) is 6.20 Å². The van der Waals surface area contributed by atoms with Gasteiger partial charge in [-0.3, -0.25) is 0 Å². The summed E-state index contributed by atoms with van der Waals surface area (Å²) in [6.45, 7) is 2.19. The Hall–Kier alpha value is -1.32. The van der Waals surface area contributed by atoms with Gasteiger partial charge in [0.2, 0.25) is 0 Å². The molecule has 0 aliphatic heterocycles. The molecular formula is C9H14N4. The van der Waals surface area contributed by atoms with Gasteiger partial charge in [0, 0.05) is 5.54 Å². The molecule has 0 bridgehead atoms. The molecule has 4 heteroatoms. The van der Waals surface area contributed by atoms with Crippen molar-refractivity contribution in [2.75, 3.05) is 11.1 Å². The van der Waals surface area contributed by atoms with Crippen LogP contribution in [0.2, 0.25) is 0 Å². The molecule has 1 aliphatic carbocycles. The van der Waals surface area contributed by atoms with Crippen molar-refractivity contribution in [2.24, 2.45) is 0 Å². The lowest BCUT2D eigenvalue weighted by molar-refractivity contribution is 0.306. The highest BCUT2D eigenvalue weighted by molar-refractivity contribution is 5.60. The fourth-order valence-corrected chi connectivity index (χ4v) is 1.56. The molecule has 1 aromatic heterocycles. The first kappa shape index (κ1) is 8.29.